The van der Waals surface area contributed by atoms with Gasteiger partial charge < -0.3 is 4.74 Å². The van der Waals surface area contributed by atoms with Crippen molar-refractivity contribution in [2.45, 2.75) is 32.1 Å². The third-order valence-electron chi connectivity index (χ3n) is 1.58. The van der Waals surface area contributed by atoms with E-state index in [4.69, 9.17) is 11.2 Å². The highest BCUT2D eigenvalue weighted by Gasteiger charge is 2.00. The Morgan fingerprint density at radius 2 is 2.00 bits per heavy atom. The van der Waals surface area contributed by atoms with E-state index in [0.717, 1.165) is 24.6 Å². The monoisotopic (exact) mass is 246 g/mol. The highest BCUT2D eigenvalue weighted by atomic mass is 79.9. The number of hydrogen-bond donors (Lipinski definition) is 0. The van der Waals surface area contributed by atoms with E-state index in [0.29, 0.717) is 6.42 Å². The lowest BCUT2D eigenvalue weighted by Crippen LogP contribution is -2.03. The van der Waals surface area contributed by atoms with E-state index in [2.05, 4.69) is 21.9 Å². The average molecular weight is 247 g/mol. The number of carbonyl (C=O) groups excluding carboxylic acids is 1. The third kappa shape index (κ3) is 9.42. The summed E-state index contributed by atoms with van der Waals surface area (Å²) in [5.74, 6) is 2.08. The largest absolute Gasteiger partial charge is 0.452 e. The minimum Gasteiger partial charge on any atom is -0.452 e. The minimum atomic E-state index is -0.184. The number of terminal acetylenes is 1. The average Bonchev–Trinajstić information content (AvgIpc) is 2.14. The zero-order chi connectivity index (χ0) is 9.94. The number of esters is 1. The van der Waals surface area contributed by atoms with Crippen molar-refractivity contribution in [3.8, 4) is 12.3 Å². The first-order valence-corrected chi connectivity index (χ1v) is 5.58. The van der Waals surface area contributed by atoms with Crippen LogP contribution in [-0.2, 0) is 9.53 Å². The van der Waals surface area contributed by atoms with Gasteiger partial charge in [-0.2, -0.15) is 0 Å². The fraction of sp³-hybridized carbons (Fsp3) is 0.700. The molecule has 0 unspecified atom stereocenters. The van der Waals surface area contributed by atoms with Gasteiger partial charge in [-0.05, 0) is 12.8 Å². The number of rotatable bonds is 7. The number of halogens is 1. The molecule has 0 aliphatic rings. The van der Waals surface area contributed by atoms with Crippen LogP contribution in [0.2, 0.25) is 0 Å². The summed E-state index contributed by atoms with van der Waals surface area (Å²) in [6.45, 7) is 0.0975. The Hall–Kier alpha value is -0.490. The lowest BCUT2D eigenvalue weighted by molar-refractivity contribution is -0.142. The maximum atomic E-state index is 10.9. The molecule has 3 heteroatoms. The van der Waals surface area contributed by atoms with E-state index in [1.807, 2.05) is 0 Å². The Morgan fingerprint density at radius 1 is 1.31 bits per heavy atom. The molecule has 0 saturated carbocycles. The van der Waals surface area contributed by atoms with Gasteiger partial charge in [-0.25, -0.2) is 0 Å². The van der Waals surface area contributed by atoms with Crippen LogP contribution >= 0.6 is 15.9 Å². The number of ether oxygens (including phenoxy) is 1. The van der Waals surface area contributed by atoms with E-state index in [9.17, 15) is 4.79 Å². The first-order chi connectivity index (χ1) is 6.31. The van der Waals surface area contributed by atoms with E-state index in [-0.39, 0.29) is 12.6 Å². The topological polar surface area (TPSA) is 26.3 Å². The quantitative estimate of drug-likeness (QED) is 0.299. The Balaban J connectivity index is 3.13. The van der Waals surface area contributed by atoms with E-state index >= 15 is 0 Å². The zero-order valence-electron chi connectivity index (χ0n) is 7.72. The number of hydrogen-bond acceptors (Lipinski definition) is 2. The normalized spacial score (nSPS) is 9.23. The summed E-state index contributed by atoms with van der Waals surface area (Å²) in [5.41, 5.74) is 0. The number of alkyl halides is 1. The summed E-state index contributed by atoms with van der Waals surface area (Å²) in [6.07, 6.45) is 9.73. The summed E-state index contributed by atoms with van der Waals surface area (Å²) in [4.78, 5) is 10.9. The highest BCUT2D eigenvalue weighted by Crippen LogP contribution is 2.05. The van der Waals surface area contributed by atoms with Crippen molar-refractivity contribution >= 4 is 21.9 Å². The summed E-state index contributed by atoms with van der Waals surface area (Å²) in [7, 11) is 0. The van der Waals surface area contributed by atoms with Gasteiger partial charge in [-0.15, -0.1) is 6.42 Å². The van der Waals surface area contributed by atoms with Crippen molar-refractivity contribution in [2.75, 3.05) is 11.9 Å². The van der Waals surface area contributed by atoms with E-state index in [1.165, 1.54) is 6.42 Å². The summed E-state index contributed by atoms with van der Waals surface area (Å²) >= 11 is 3.35. The second-order valence-electron chi connectivity index (χ2n) is 2.72. The van der Waals surface area contributed by atoms with Gasteiger partial charge in [0.25, 0.3) is 0 Å². The molecule has 0 saturated heterocycles. The van der Waals surface area contributed by atoms with Gasteiger partial charge in [-0.3, -0.25) is 4.79 Å². The molecular weight excluding hydrogens is 232 g/mol. The molecule has 0 spiro atoms. The van der Waals surface area contributed by atoms with Crippen molar-refractivity contribution in [1.29, 1.82) is 0 Å². The van der Waals surface area contributed by atoms with Crippen molar-refractivity contribution < 1.29 is 9.53 Å². The van der Waals surface area contributed by atoms with Crippen LogP contribution in [0.4, 0.5) is 0 Å². The van der Waals surface area contributed by atoms with Crippen LogP contribution in [0.3, 0.4) is 0 Å². The fourth-order valence-corrected chi connectivity index (χ4v) is 1.31. The van der Waals surface area contributed by atoms with Gasteiger partial charge in [0.05, 0.1) is 0 Å². The second kappa shape index (κ2) is 9.60. The highest BCUT2D eigenvalue weighted by molar-refractivity contribution is 9.09. The molecule has 0 atom stereocenters. The molecule has 2 nitrogen and oxygen atoms in total. The van der Waals surface area contributed by atoms with Gasteiger partial charge in [0.1, 0.15) is 0 Å². The van der Waals surface area contributed by atoms with Crippen molar-refractivity contribution in [1.82, 2.24) is 0 Å². The van der Waals surface area contributed by atoms with E-state index in [1.54, 1.807) is 0 Å². The van der Waals surface area contributed by atoms with Crippen LogP contribution in [0.15, 0.2) is 0 Å². The Morgan fingerprint density at radius 3 is 2.62 bits per heavy atom. The molecule has 0 bridgehead atoms. The van der Waals surface area contributed by atoms with Crippen LogP contribution < -0.4 is 0 Å². The maximum absolute atomic E-state index is 10.9. The van der Waals surface area contributed by atoms with Crippen molar-refractivity contribution in [3.63, 3.8) is 0 Å². The first-order valence-electron chi connectivity index (χ1n) is 4.46. The van der Waals surface area contributed by atoms with Crippen molar-refractivity contribution in [2.24, 2.45) is 0 Å². The predicted octanol–water partition coefficient (Wildman–Crippen LogP) is 2.51. The van der Waals surface area contributed by atoms with Crippen LogP contribution in [0, 0.1) is 12.3 Å². The summed E-state index contributed by atoms with van der Waals surface area (Å²) in [6, 6.07) is 0. The number of carbonyl (C=O) groups is 1. The standard InChI is InChI=1S/C10H15BrO2/c1-2-9-13-10(12)7-5-3-4-6-8-11/h1H,3-9H2. The SMILES string of the molecule is C#CCOC(=O)CCCCCCBr. The van der Waals surface area contributed by atoms with Crippen LogP contribution in [0.5, 0.6) is 0 Å². The lowest BCUT2D eigenvalue weighted by Gasteiger charge is -2.00. The molecule has 0 aromatic rings. The van der Waals surface area contributed by atoms with E-state index < -0.39 is 0 Å². The molecule has 0 N–H and O–H groups in total. The number of unbranched alkanes of at least 4 members (excludes halogenated alkanes) is 3. The van der Waals surface area contributed by atoms with Gasteiger partial charge in [0, 0.05) is 11.8 Å². The predicted molar refractivity (Wildman–Crippen MR) is 56.7 cm³/mol. The lowest BCUT2D eigenvalue weighted by atomic mass is 10.2. The molecule has 0 rings (SSSR count). The molecule has 0 aliphatic heterocycles. The van der Waals surface area contributed by atoms with Gasteiger partial charge in [-0.1, -0.05) is 34.7 Å². The van der Waals surface area contributed by atoms with Gasteiger partial charge >= 0.3 is 5.97 Å². The van der Waals surface area contributed by atoms with Crippen LogP contribution in [0.25, 0.3) is 0 Å². The summed E-state index contributed by atoms with van der Waals surface area (Å²) < 4.78 is 4.71. The molecule has 0 aromatic heterocycles. The molecule has 0 amide bonds. The van der Waals surface area contributed by atoms with Crippen molar-refractivity contribution in [3.05, 3.63) is 0 Å². The maximum Gasteiger partial charge on any atom is 0.306 e. The molecule has 0 fully saturated rings. The Bertz CT molecular complexity index is 172. The van der Waals surface area contributed by atoms with Gasteiger partial charge in [0.2, 0.25) is 0 Å². The molecular formula is C10H15BrO2. The first kappa shape index (κ1) is 12.5. The molecule has 0 aromatic carbocycles. The molecule has 74 valence electrons. The second-order valence-corrected chi connectivity index (χ2v) is 3.51. The van der Waals surface area contributed by atoms with Crippen LogP contribution in [-0.4, -0.2) is 17.9 Å². The minimum absolute atomic E-state index is 0.0975. The van der Waals surface area contributed by atoms with Crippen LogP contribution in [0.1, 0.15) is 32.1 Å². The Labute approximate surface area is 88.2 Å². The smallest absolute Gasteiger partial charge is 0.306 e. The molecule has 0 aliphatic carbocycles. The molecule has 0 heterocycles. The van der Waals surface area contributed by atoms with Gasteiger partial charge in [0.15, 0.2) is 6.61 Å². The summed E-state index contributed by atoms with van der Waals surface area (Å²) in [5, 5.41) is 1.04. The fourth-order valence-electron chi connectivity index (χ4n) is 0.912. The third-order valence-corrected chi connectivity index (χ3v) is 2.14. The molecule has 0 radical (unpaired) electrons. The Kier molecular flexibility index (Phi) is 9.24. The molecule has 13 heavy (non-hydrogen) atoms. The zero-order valence-corrected chi connectivity index (χ0v) is 9.31.